The van der Waals surface area contributed by atoms with E-state index in [1.54, 1.807) is 37.3 Å². The largest absolute Gasteiger partial charge is 0.337 e. The maximum atomic E-state index is 14.0. The highest BCUT2D eigenvalue weighted by Gasteiger charge is 2.20. The molecule has 2 heterocycles. The highest BCUT2D eigenvalue weighted by molar-refractivity contribution is 7.18. The molecule has 2 aromatic carbocycles. The van der Waals surface area contributed by atoms with Crippen LogP contribution in [-0.4, -0.2) is 14.9 Å². The van der Waals surface area contributed by atoms with Crippen LogP contribution in [0, 0.1) is 12.7 Å². The van der Waals surface area contributed by atoms with Crippen molar-refractivity contribution in [2.75, 3.05) is 0 Å². The zero-order chi connectivity index (χ0) is 20.7. The number of carbonyl (C=O) groups excluding carboxylic acids is 1. The fraction of sp³-hybridized carbons (Fsp3) is 0.0952. The smallest absolute Gasteiger partial charge is 0.292 e. The molecule has 0 aliphatic heterocycles. The third-order valence-corrected chi connectivity index (χ3v) is 5.79. The van der Waals surface area contributed by atoms with Crippen molar-refractivity contribution in [1.82, 2.24) is 9.13 Å². The van der Waals surface area contributed by atoms with Gasteiger partial charge in [0.2, 0.25) is 0 Å². The molecule has 0 N–H and O–H groups in total. The van der Waals surface area contributed by atoms with Crippen LogP contribution >= 0.6 is 22.9 Å². The third-order valence-electron chi connectivity index (χ3n) is 4.48. The van der Waals surface area contributed by atoms with Gasteiger partial charge in [0.05, 0.1) is 23.2 Å². The molecule has 0 spiro atoms. The molecule has 146 valence electrons. The van der Waals surface area contributed by atoms with Crippen molar-refractivity contribution in [3.05, 3.63) is 96.7 Å². The predicted molar refractivity (Wildman–Crippen MR) is 112 cm³/mol. The molecule has 4 rings (SSSR count). The summed E-state index contributed by atoms with van der Waals surface area (Å²) in [6, 6.07) is 13.6. The second-order valence-electron chi connectivity index (χ2n) is 6.47. The molecule has 4 aromatic rings. The Hall–Kier alpha value is -3.03. The number of fused-ring (bicyclic) bond motifs is 1. The Labute approximate surface area is 173 Å². The zero-order valence-corrected chi connectivity index (χ0v) is 16.8. The minimum Gasteiger partial charge on any atom is -0.292 e. The maximum Gasteiger partial charge on any atom is 0.337 e. The standard InChI is InChI=1S/C21H14ClFN2O3S/c1-12-9-16-19(27)25(14-6-4-5-13(22)10-14)21(28)24(20(16)29-12)11-18(26)15-7-2-3-8-17(15)23/h2-10H,11H2,1H3. The number of hydrogen-bond donors (Lipinski definition) is 0. The number of thiophene rings is 1. The number of aryl methyl sites for hydroxylation is 1. The molecule has 0 fully saturated rings. The fourth-order valence-corrected chi connectivity index (χ4v) is 4.34. The van der Waals surface area contributed by atoms with Crippen molar-refractivity contribution in [1.29, 1.82) is 0 Å². The normalized spacial score (nSPS) is 11.1. The fourth-order valence-electron chi connectivity index (χ4n) is 3.17. The van der Waals surface area contributed by atoms with Gasteiger partial charge in [0, 0.05) is 9.90 Å². The Morgan fingerprint density at radius 2 is 1.86 bits per heavy atom. The number of aromatic nitrogens is 2. The van der Waals surface area contributed by atoms with Gasteiger partial charge in [-0.25, -0.2) is 13.8 Å². The molecule has 0 aliphatic carbocycles. The van der Waals surface area contributed by atoms with Gasteiger partial charge in [0.1, 0.15) is 10.6 Å². The molecule has 0 aliphatic rings. The van der Waals surface area contributed by atoms with Crippen molar-refractivity contribution < 1.29 is 9.18 Å². The average molecular weight is 429 g/mol. The summed E-state index contributed by atoms with van der Waals surface area (Å²) in [5.74, 6) is -1.22. The lowest BCUT2D eigenvalue weighted by Gasteiger charge is -2.12. The van der Waals surface area contributed by atoms with E-state index in [1.807, 2.05) is 0 Å². The summed E-state index contributed by atoms with van der Waals surface area (Å²) in [7, 11) is 0. The summed E-state index contributed by atoms with van der Waals surface area (Å²) >= 11 is 7.26. The number of Topliss-reactive ketones (excluding diaryl/α,β-unsaturated/α-hetero) is 1. The van der Waals surface area contributed by atoms with Crippen LogP contribution in [0.4, 0.5) is 4.39 Å². The predicted octanol–water partition coefficient (Wildman–Crippen LogP) is 4.20. The van der Waals surface area contributed by atoms with Gasteiger partial charge in [-0.2, -0.15) is 0 Å². The third kappa shape index (κ3) is 3.43. The molecule has 0 saturated heterocycles. The maximum absolute atomic E-state index is 14.0. The molecular weight excluding hydrogens is 415 g/mol. The lowest BCUT2D eigenvalue weighted by molar-refractivity contribution is 0.0968. The molecule has 8 heteroatoms. The van der Waals surface area contributed by atoms with E-state index in [-0.39, 0.29) is 5.56 Å². The highest BCUT2D eigenvalue weighted by Crippen LogP contribution is 2.23. The number of benzene rings is 2. The number of ketones is 1. The van der Waals surface area contributed by atoms with Crippen molar-refractivity contribution >= 4 is 38.9 Å². The van der Waals surface area contributed by atoms with Gasteiger partial charge in [-0.3, -0.25) is 14.2 Å². The van der Waals surface area contributed by atoms with Crippen LogP contribution in [-0.2, 0) is 6.54 Å². The van der Waals surface area contributed by atoms with Crippen LogP contribution in [0.1, 0.15) is 15.2 Å². The average Bonchev–Trinajstić information content (AvgIpc) is 3.07. The van der Waals surface area contributed by atoms with Crippen LogP contribution in [0.15, 0.2) is 64.2 Å². The Morgan fingerprint density at radius 3 is 2.59 bits per heavy atom. The molecule has 5 nitrogen and oxygen atoms in total. The van der Waals surface area contributed by atoms with E-state index < -0.39 is 29.4 Å². The summed E-state index contributed by atoms with van der Waals surface area (Å²) in [6.45, 7) is 1.42. The Bertz CT molecular complexity index is 1390. The first kappa shape index (κ1) is 19.3. The van der Waals surface area contributed by atoms with Gasteiger partial charge in [-0.1, -0.05) is 29.8 Å². The Kier molecular flexibility index (Phi) is 4.94. The quantitative estimate of drug-likeness (QED) is 0.458. The molecule has 29 heavy (non-hydrogen) atoms. The topological polar surface area (TPSA) is 61.1 Å². The summed E-state index contributed by atoms with van der Waals surface area (Å²) in [4.78, 5) is 40.1. The van der Waals surface area contributed by atoms with Gasteiger partial charge in [0.15, 0.2) is 5.78 Å². The van der Waals surface area contributed by atoms with E-state index in [9.17, 15) is 18.8 Å². The summed E-state index contributed by atoms with van der Waals surface area (Å²) in [5.41, 5.74) is -0.991. The molecule has 0 atom stereocenters. The van der Waals surface area contributed by atoms with Crippen molar-refractivity contribution in [3.63, 3.8) is 0 Å². The first-order chi connectivity index (χ1) is 13.9. The van der Waals surface area contributed by atoms with Crippen LogP contribution in [0.25, 0.3) is 15.9 Å². The van der Waals surface area contributed by atoms with E-state index in [4.69, 9.17) is 11.6 Å². The van der Waals surface area contributed by atoms with Crippen molar-refractivity contribution in [2.24, 2.45) is 0 Å². The molecule has 0 amide bonds. The van der Waals surface area contributed by atoms with Gasteiger partial charge in [-0.05, 0) is 43.3 Å². The second-order valence-corrected chi connectivity index (χ2v) is 8.14. The molecule has 0 radical (unpaired) electrons. The van der Waals surface area contributed by atoms with Crippen LogP contribution in [0.2, 0.25) is 5.02 Å². The molecule has 0 saturated carbocycles. The number of hydrogen-bond acceptors (Lipinski definition) is 4. The SMILES string of the molecule is Cc1cc2c(=O)n(-c3cccc(Cl)c3)c(=O)n(CC(=O)c3ccccc3F)c2s1. The minimum absolute atomic E-state index is 0.110. The molecule has 2 aromatic heterocycles. The van der Waals surface area contributed by atoms with Gasteiger partial charge < -0.3 is 0 Å². The van der Waals surface area contributed by atoms with Crippen molar-refractivity contribution in [3.8, 4) is 5.69 Å². The number of rotatable bonds is 4. The molecule has 0 unspecified atom stereocenters. The zero-order valence-electron chi connectivity index (χ0n) is 15.2. The summed E-state index contributed by atoms with van der Waals surface area (Å²) < 4.78 is 16.2. The van der Waals surface area contributed by atoms with Crippen LogP contribution < -0.4 is 11.2 Å². The van der Waals surface area contributed by atoms with E-state index in [0.29, 0.717) is 20.9 Å². The van der Waals surface area contributed by atoms with Crippen molar-refractivity contribution in [2.45, 2.75) is 13.5 Å². The number of carbonyl (C=O) groups is 1. The molecule has 0 bridgehead atoms. The monoisotopic (exact) mass is 428 g/mol. The highest BCUT2D eigenvalue weighted by atomic mass is 35.5. The minimum atomic E-state index is -0.684. The number of halogens is 2. The lowest BCUT2D eigenvalue weighted by atomic mass is 10.1. The Balaban J connectivity index is 1.96. The van der Waals surface area contributed by atoms with E-state index >= 15 is 0 Å². The second kappa shape index (κ2) is 7.42. The van der Waals surface area contributed by atoms with E-state index in [1.165, 1.54) is 40.2 Å². The van der Waals surface area contributed by atoms with Gasteiger partial charge in [0.25, 0.3) is 5.56 Å². The first-order valence-electron chi connectivity index (χ1n) is 8.66. The number of nitrogens with zero attached hydrogens (tertiary/aromatic N) is 2. The van der Waals surface area contributed by atoms with Crippen LogP contribution in [0.5, 0.6) is 0 Å². The summed E-state index contributed by atoms with van der Waals surface area (Å²) in [5, 5.41) is 0.679. The summed E-state index contributed by atoms with van der Waals surface area (Å²) in [6.07, 6.45) is 0. The first-order valence-corrected chi connectivity index (χ1v) is 9.86. The van der Waals surface area contributed by atoms with Gasteiger partial charge in [-0.15, -0.1) is 11.3 Å². The van der Waals surface area contributed by atoms with E-state index in [2.05, 4.69) is 0 Å². The van der Waals surface area contributed by atoms with Crippen LogP contribution in [0.3, 0.4) is 0 Å². The lowest BCUT2D eigenvalue weighted by Crippen LogP contribution is -2.39. The molecular formula is C21H14ClFN2O3S. The van der Waals surface area contributed by atoms with Gasteiger partial charge >= 0.3 is 5.69 Å². The van der Waals surface area contributed by atoms with E-state index in [0.717, 1.165) is 9.44 Å². The Morgan fingerprint density at radius 1 is 1.10 bits per heavy atom.